The Morgan fingerprint density at radius 3 is 2.08 bits per heavy atom. The number of phenolic OH excluding ortho intramolecular Hbond substituents is 1. The molecule has 3 N–H and O–H groups in total. The number of phenols is 1. The molecule has 2 aliphatic rings. The van der Waals surface area contributed by atoms with Crippen molar-refractivity contribution in [3.05, 3.63) is 48.0 Å². The first-order valence-corrected chi connectivity index (χ1v) is 12.9. The molecule has 0 bridgehead atoms. The number of anilines is 5. The molecule has 2 aromatic carbocycles. The number of ether oxygens (including phenoxy) is 1. The van der Waals surface area contributed by atoms with Gasteiger partial charge in [-0.2, -0.15) is 15.0 Å². The van der Waals surface area contributed by atoms with E-state index in [1.165, 1.54) is 20.0 Å². The second kappa shape index (κ2) is 11.3. The summed E-state index contributed by atoms with van der Waals surface area (Å²) in [5.41, 5.74) is 1.28. The number of benzene rings is 2. The Bertz CT molecular complexity index is 1200. The highest BCUT2D eigenvalue weighted by Gasteiger charge is 2.21. The van der Waals surface area contributed by atoms with E-state index in [9.17, 15) is 9.90 Å². The van der Waals surface area contributed by atoms with Gasteiger partial charge in [-0.1, -0.05) is 12.1 Å². The van der Waals surface area contributed by atoms with Crippen LogP contribution in [-0.2, 0) is 0 Å². The number of rotatable bonds is 7. The average molecular weight is 504 g/mol. The van der Waals surface area contributed by atoms with Gasteiger partial charge in [-0.05, 0) is 62.8 Å². The van der Waals surface area contributed by atoms with Crippen LogP contribution in [0.15, 0.2) is 42.5 Å². The van der Waals surface area contributed by atoms with Gasteiger partial charge in [0.05, 0.1) is 18.4 Å². The van der Waals surface area contributed by atoms with Gasteiger partial charge < -0.3 is 30.3 Å². The van der Waals surface area contributed by atoms with Gasteiger partial charge in [0.25, 0.3) is 5.91 Å². The first kappa shape index (κ1) is 24.6. The minimum absolute atomic E-state index is 0.0742. The molecular formula is C27H33N7O3. The summed E-state index contributed by atoms with van der Waals surface area (Å²) in [4.78, 5) is 31.4. The van der Waals surface area contributed by atoms with Crippen LogP contribution in [0.1, 0.15) is 48.9 Å². The van der Waals surface area contributed by atoms with Crippen LogP contribution in [0.2, 0.25) is 0 Å². The zero-order chi connectivity index (χ0) is 25.6. The SMILES string of the molecule is COc1ccccc1C(=O)Nc1ccc(Nc2nc(N3CCCCC3)nc(N3CCCCC3)n2)cc1O. The summed E-state index contributed by atoms with van der Waals surface area (Å²) < 4.78 is 5.27. The largest absolute Gasteiger partial charge is 0.506 e. The van der Waals surface area contributed by atoms with Crippen molar-refractivity contribution in [1.82, 2.24) is 15.0 Å². The molecule has 3 heterocycles. The van der Waals surface area contributed by atoms with Gasteiger partial charge in [-0.25, -0.2) is 0 Å². The number of aromatic nitrogens is 3. The van der Waals surface area contributed by atoms with Crippen molar-refractivity contribution in [2.45, 2.75) is 38.5 Å². The molecule has 2 saturated heterocycles. The monoisotopic (exact) mass is 503 g/mol. The Hall–Kier alpha value is -4.08. The smallest absolute Gasteiger partial charge is 0.259 e. The fourth-order valence-corrected chi connectivity index (χ4v) is 4.75. The molecule has 5 rings (SSSR count). The van der Waals surface area contributed by atoms with E-state index in [1.807, 2.05) is 0 Å². The lowest BCUT2D eigenvalue weighted by atomic mass is 10.1. The van der Waals surface area contributed by atoms with Crippen molar-refractivity contribution in [2.24, 2.45) is 0 Å². The fourth-order valence-electron chi connectivity index (χ4n) is 4.75. The number of nitrogens with zero attached hydrogens (tertiary/aromatic N) is 5. The van der Waals surface area contributed by atoms with Crippen LogP contribution in [0.5, 0.6) is 11.5 Å². The quantitative estimate of drug-likeness (QED) is 0.399. The third-order valence-corrected chi connectivity index (χ3v) is 6.74. The van der Waals surface area contributed by atoms with E-state index in [4.69, 9.17) is 19.7 Å². The van der Waals surface area contributed by atoms with Crippen molar-refractivity contribution in [2.75, 3.05) is 53.7 Å². The molecule has 10 nitrogen and oxygen atoms in total. The Morgan fingerprint density at radius 2 is 1.49 bits per heavy atom. The van der Waals surface area contributed by atoms with Crippen LogP contribution in [0.4, 0.5) is 29.2 Å². The Morgan fingerprint density at radius 1 is 0.865 bits per heavy atom. The van der Waals surface area contributed by atoms with Crippen LogP contribution < -0.4 is 25.2 Å². The average Bonchev–Trinajstić information content (AvgIpc) is 2.95. The number of hydrogen-bond acceptors (Lipinski definition) is 9. The molecule has 2 fully saturated rings. The minimum Gasteiger partial charge on any atom is -0.506 e. The van der Waals surface area contributed by atoms with E-state index in [0.29, 0.717) is 40.5 Å². The summed E-state index contributed by atoms with van der Waals surface area (Å²) in [6.07, 6.45) is 6.97. The molecule has 2 aliphatic heterocycles. The van der Waals surface area contributed by atoms with E-state index >= 15 is 0 Å². The highest BCUT2D eigenvalue weighted by molar-refractivity contribution is 6.07. The molecule has 3 aromatic rings. The van der Waals surface area contributed by atoms with Crippen LogP contribution >= 0.6 is 0 Å². The van der Waals surface area contributed by atoms with E-state index < -0.39 is 0 Å². The van der Waals surface area contributed by atoms with E-state index in [2.05, 4.69) is 20.4 Å². The molecule has 194 valence electrons. The number of para-hydroxylation sites is 1. The van der Waals surface area contributed by atoms with Crippen molar-refractivity contribution < 1.29 is 14.6 Å². The van der Waals surface area contributed by atoms with Gasteiger partial charge >= 0.3 is 0 Å². The summed E-state index contributed by atoms with van der Waals surface area (Å²) in [5.74, 6) is 1.81. The maximum atomic E-state index is 12.7. The minimum atomic E-state index is -0.372. The second-order valence-electron chi connectivity index (χ2n) is 9.37. The van der Waals surface area contributed by atoms with Crippen LogP contribution in [-0.4, -0.2) is 59.3 Å². The number of aromatic hydroxyl groups is 1. The number of carbonyl (C=O) groups excluding carboxylic acids is 1. The third-order valence-electron chi connectivity index (χ3n) is 6.74. The molecule has 1 amide bonds. The Kier molecular flexibility index (Phi) is 7.53. The summed E-state index contributed by atoms with van der Waals surface area (Å²) in [6.45, 7) is 3.74. The van der Waals surface area contributed by atoms with Gasteiger partial charge in [0.15, 0.2) is 0 Å². The number of piperidine rings is 2. The molecular weight excluding hydrogens is 470 g/mol. The van der Waals surface area contributed by atoms with Crippen LogP contribution in [0.25, 0.3) is 0 Å². The molecule has 0 saturated carbocycles. The zero-order valence-corrected chi connectivity index (χ0v) is 21.1. The number of methoxy groups -OCH3 is 1. The lowest BCUT2D eigenvalue weighted by Gasteiger charge is -2.30. The molecule has 10 heteroatoms. The van der Waals surface area contributed by atoms with E-state index in [1.54, 1.807) is 42.5 Å². The normalized spacial score (nSPS) is 15.8. The van der Waals surface area contributed by atoms with Crippen molar-refractivity contribution in [3.8, 4) is 11.5 Å². The molecule has 1 aromatic heterocycles. The van der Waals surface area contributed by atoms with Crippen molar-refractivity contribution in [3.63, 3.8) is 0 Å². The van der Waals surface area contributed by atoms with Gasteiger partial charge in [-0.15, -0.1) is 0 Å². The summed E-state index contributed by atoms with van der Waals surface area (Å²) in [6, 6.07) is 11.9. The number of nitrogens with one attached hydrogen (secondary N) is 2. The van der Waals surface area contributed by atoms with Crippen molar-refractivity contribution >= 4 is 35.1 Å². The highest BCUT2D eigenvalue weighted by Crippen LogP contribution is 2.30. The second-order valence-corrected chi connectivity index (χ2v) is 9.37. The summed E-state index contributed by atoms with van der Waals surface area (Å²) >= 11 is 0. The predicted molar refractivity (Wildman–Crippen MR) is 144 cm³/mol. The Labute approximate surface area is 216 Å². The lowest BCUT2D eigenvalue weighted by molar-refractivity contribution is 0.102. The highest BCUT2D eigenvalue weighted by atomic mass is 16.5. The maximum Gasteiger partial charge on any atom is 0.259 e. The third kappa shape index (κ3) is 5.84. The number of hydrogen-bond donors (Lipinski definition) is 3. The Balaban J connectivity index is 1.36. The molecule has 0 atom stereocenters. The van der Waals surface area contributed by atoms with Crippen LogP contribution in [0.3, 0.4) is 0 Å². The summed E-state index contributed by atoms with van der Waals surface area (Å²) in [7, 11) is 1.51. The molecule has 0 spiro atoms. The first-order chi connectivity index (χ1) is 18.1. The molecule has 0 radical (unpaired) electrons. The van der Waals surface area contributed by atoms with E-state index in [0.717, 1.165) is 51.9 Å². The van der Waals surface area contributed by atoms with Gasteiger partial charge in [0.2, 0.25) is 17.8 Å². The number of amides is 1. The molecule has 0 aliphatic carbocycles. The van der Waals surface area contributed by atoms with Gasteiger partial charge in [0.1, 0.15) is 11.5 Å². The fraction of sp³-hybridized carbons (Fsp3) is 0.407. The lowest BCUT2D eigenvalue weighted by Crippen LogP contribution is -2.34. The van der Waals surface area contributed by atoms with Crippen molar-refractivity contribution in [1.29, 1.82) is 0 Å². The zero-order valence-electron chi connectivity index (χ0n) is 21.1. The molecule has 0 unspecified atom stereocenters. The van der Waals surface area contributed by atoms with Crippen LogP contribution in [0, 0.1) is 0 Å². The topological polar surface area (TPSA) is 116 Å². The van der Waals surface area contributed by atoms with Gasteiger partial charge in [0, 0.05) is 37.9 Å². The standard InChI is InChI=1S/C27H33N7O3/c1-37-23-11-5-4-10-20(23)24(36)29-21-13-12-19(18-22(21)35)28-25-30-26(33-14-6-2-7-15-33)32-27(31-25)34-16-8-3-9-17-34/h4-5,10-13,18,35H,2-3,6-9,14-17H2,1H3,(H,29,36)(H,28,30,31,32). The first-order valence-electron chi connectivity index (χ1n) is 12.9. The predicted octanol–water partition coefficient (Wildman–Crippen LogP) is 4.56. The maximum absolute atomic E-state index is 12.7. The number of carbonyl (C=O) groups is 1. The van der Waals surface area contributed by atoms with Gasteiger partial charge in [-0.3, -0.25) is 4.79 Å². The van der Waals surface area contributed by atoms with E-state index in [-0.39, 0.29) is 11.7 Å². The summed E-state index contributed by atoms with van der Waals surface area (Å²) in [5, 5.41) is 16.6. The molecule has 37 heavy (non-hydrogen) atoms.